The molecule has 2 aliphatic rings. The molecule has 0 aliphatic carbocycles. The predicted molar refractivity (Wildman–Crippen MR) is 129 cm³/mol. The van der Waals surface area contributed by atoms with Crippen molar-refractivity contribution in [3.8, 4) is 0 Å². The van der Waals surface area contributed by atoms with Gasteiger partial charge in [-0.3, -0.25) is 4.79 Å². The summed E-state index contributed by atoms with van der Waals surface area (Å²) in [7, 11) is 0. The van der Waals surface area contributed by atoms with Gasteiger partial charge in [-0.2, -0.15) is 10.2 Å². The quantitative estimate of drug-likeness (QED) is 0.514. The molecule has 3 aromatic rings. The molecule has 1 aromatic heterocycles. The molecular weight excluding hydrogens is 455 g/mol. The lowest BCUT2D eigenvalue weighted by Crippen LogP contribution is -2.48. The summed E-state index contributed by atoms with van der Waals surface area (Å²) in [5, 5.41) is 12.3. The minimum absolute atomic E-state index is 0.0925. The maximum Gasteiger partial charge on any atom is 0.266 e. The van der Waals surface area contributed by atoms with Crippen LogP contribution >= 0.6 is 0 Å². The van der Waals surface area contributed by atoms with Gasteiger partial charge in [0.25, 0.3) is 6.43 Å². The molecule has 2 saturated heterocycles. The molecule has 2 aliphatic heterocycles. The van der Waals surface area contributed by atoms with Crippen molar-refractivity contribution in [3.63, 3.8) is 0 Å². The number of aromatic nitrogens is 2. The zero-order chi connectivity index (χ0) is 24.5. The van der Waals surface area contributed by atoms with Gasteiger partial charge >= 0.3 is 0 Å². The molecule has 0 radical (unpaired) electrons. The average Bonchev–Trinajstić information content (AvgIpc) is 2.83. The van der Waals surface area contributed by atoms with Crippen molar-refractivity contribution in [1.82, 2.24) is 15.1 Å². The predicted octanol–water partition coefficient (Wildman–Crippen LogP) is 5.33. The van der Waals surface area contributed by atoms with Gasteiger partial charge in [0, 0.05) is 48.7 Å². The number of hydrogen-bond donors (Lipinski definition) is 1. The monoisotopic (exact) mass is 483 g/mol. The highest BCUT2D eigenvalue weighted by Gasteiger charge is 2.31. The third kappa shape index (κ3) is 4.63. The normalized spacial score (nSPS) is 17.5. The van der Waals surface area contributed by atoms with Crippen LogP contribution in [0.15, 0.2) is 42.6 Å². The van der Waals surface area contributed by atoms with E-state index in [0.717, 1.165) is 62.6 Å². The second kappa shape index (κ2) is 9.71. The summed E-state index contributed by atoms with van der Waals surface area (Å²) in [4.78, 5) is 16.8. The number of rotatable bonds is 6. The van der Waals surface area contributed by atoms with Crippen LogP contribution in [0.4, 0.5) is 24.5 Å². The van der Waals surface area contributed by atoms with Crippen molar-refractivity contribution >= 4 is 28.2 Å². The number of nitrogens with one attached hydrogen (secondary N) is 1. The molecule has 6 nitrogen and oxygen atoms in total. The maximum atomic E-state index is 14.7. The second-order valence-corrected chi connectivity index (χ2v) is 9.32. The number of hydrogen-bond acceptors (Lipinski definition) is 5. The van der Waals surface area contributed by atoms with Gasteiger partial charge < -0.3 is 15.1 Å². The zero-order valence-electron chi connectivity index (χ0n) is 19.6. The van der Waals surface area contributed by atoms with Crippen LogP contribution in [0.1, 0.15) is 49.8 Å². The van der Waals surface area contributed by atoms with Gasteiger partial charge in [-0.05, 0) is 44.4 Å². The van der Waals surface area contributed by atoms with Crippen LogP contribution in [0.25, 0.3) is 10.9 Å². The fraction of sp³-hybridized carbons (Fsp3) is 0.423. The molecule has 3 heterocycles. The molecule has 1 amide bonds. The van der Waals surface area contributed by atoms with Crippen LogP contribution in [0, 0.1) is 11.7 Å². The summed E-state index contributed by atoms with van der Waals surface area (Å²) in [5.74, 6) is -0.520. The first-order valence-corrected chi connectivity index (χ1v) is 12.0. The Labute approximate surface area is 202 Å². The first-order chi connectivity index (χ1) is 16.9. The molecule has 1 N–H and O–H groups in total. The van der Waals surface area contributed by atoms with Crippen molar-refractivity contribution in [3.05, 3.63) is 59.5 Å². The van der Waals surface area contributed by atoms with Crippen molar-refractivity contribution in [2.24, 2.45) is 5.92 Å². The minimum Gasteiger partial charge on any atom is -0.377 e. The molecule has 2 aromatic carbocycles. The van der Waals surface area contributed by atoms with Crippen LogP contribution in [0.3, 0.4) is 0 Å². The number of likely N-dealkylation sites (tertiary alicyclic amines) is 1. The molecule has 2 fully saturated rings. The summed E-state index contributed by atoms with van der Waals surface area (Å²) in [6, 6.07) is 9.39. The lowest BCUT2D eigenvalue weighted by molar-refractivity contribution is -0.139. The van der Waals surface area contributed by atoms with Crippen LogP contribution < -0.4 is 10.2 Å². The van der Waals surface area contributed by atoms with Gasteiger partial charge in [0.15, 0.2) is 0 Å². The number of benzene rings is 2. The zero-order valence-corrected chi connectivity index (χ0v) is 19.6. The third-order valence-electron chi connectivity index (χ3n) is 7.13. The highest BCUT2D eigenvalue weighted by Crippen LogP contribution is 2.33. The highest BCUT2D eigenvalue weighted by molar-refractivity contribution is 5.93. The summed E-state index contributed by atoms with van der Waals surface area (Å²) in [6.07, 6.45) is 1.44. The molecule has 0 saturated carbocycles. The van der Waals surface area contributed by atoms with Gasteiger partial charge in [0.05, 0.1) is 29.0 Å². The van der Waals surface area contributed by atoms with Gasteiger partial charge in [-0.15, -0.1) is 0 Å². The van der Waals surface area contributed by atoms with Crippen LogP contribution in [-0.2, 0) is 4.79 Å². The van der Waals surface area contributed by atoms with E-state index in [-0.39, 0.29) is 17.4 Å². The van der Waals surface area contributed by atoms with E-state index in [4.69, 9.17) is 0 Å². The van der Waals surface area contributed by atoms with Crippen molar-refractivity contribution < 1.29 is 18.0 Å². The van der Waals surface area contributed by atoms with E-state index >= 15 is 0 Å². The Morgan fingerprint density at radius 3 is 2.51 bits per heavy atom. The first kappa shape index (κ1) is 23.4. The Morgan fingerprint density at radius 1 is 1.09 bits per heavy atom. The Morgan fingerprint density at radius 2 is 1.83 bits per heavy atom. The minimum atomic E-state index is -2.88. The average molecular weight is 484 g/mol. The fourth-order valence-electron chi connectivity index (χ4n) is 4.92. The van der Waals surface area contributed by atoms with Crippen molar-refractivity contribution in [2.45, 2.75) is 38.7 Å². The number of carbonyl (C=O) groups is 1. The SMILES string of the molecule is C[C@@H](Nc1cnnc2ccc(N3CCC(C(=O)N4CCC4)CC3)cc12)c1cccc(C(F)F)c1F. The molecule has 35 heavy (non-hydrogen) atoms. The van der Waals surface area contributed by atoms with E-state index in [1.807, 2.05) is 23.1 Å². The molecule has 5 rings (SSSR count). The van der Waals surface area contributed by atoms with Crippen LogP contribution in [0.2, 0.25) is 0 Å². The van der Waals surface area contributed by atoms with Crippen molar-refractivity contribution in [1.29, 1.82) is 0 Å². The smallest absolute Gasteiger partial charge is 0.266 e. The number of fused-ring (bicyclic) bond motifs is 1. The number of piperidine rings is 1. The van der Waals surface area contributed by atoms with Gasteiger partial charge in [-0.25, -0.2) is 13.2 Å². The Bertz CT molecular complexity index is 1220. The lowest BCUT2D eigenvalue weighted by Gasteiger charge is -2.38. The maximum absolute atomic E-state index is 14.7. The molecule has 9 heteroatoms. The summed E-state index contributed by atoms with van der Waals surface area (Å²) < 4.78 is 41.0. The largest absolute Gasteiger partial charge is 0.377 e. The molecule has 0 bridgehead atoms. The summed E-state index contributed by atoms with van der Waals surface area (Å²) >= 11 is 0. The summed E-state index contributed by atoms with van der Waals surface area (Å²) in [5.41, 5.74) is 1.90. The summed E-state index contributed by atoms with van der Waals surface area (Å²) in [6.45, 7) is 5.08. The van der Waals surface area contributed by atoms with E-state index in [1.165, 1.54) is 12.1 Å². The van der Waals surface area contributed by atoms with Crippen LogP contribution in [-0.4, -0.2) is 47.2 Å². The Hall–Kier alpha value is -3.36. The van der Waals surface area contributed by atoms with E-state index in [0.29, 0.717) is 11.2 Å². The third-order valence-corrected chi connectivity index (χ3v) is 7.13. The Balaban J connectivity index is 1.34. The number of carbonyl (C=O) groups excluding carboxylic acids is 1. The second-order valence-electron chi connectivity index (χ2n) is 9.32. The van der Waals surface area contributed by atoms with E-state index < -0.39 is 23.8 Å². The molecular formula is C26H28F3N5O. The van der Waals surface area contributed by atoms with E-state index in [1.54, 1.807) is 13.1 Å². The molecule has 0 spiro atoms. The number of amides is 1. The fourth-order valence-corrected chi connectivity index (χ4v) is 4.92. The number of alkyl halides is 2. The van der Waals surface area contributed by atoms with Crippen LogP contribution in [0.5, 0.6) is 0 Å². The van der Waals surface area contributed by atoms with E-state index in [2.05, 4.69) is 20.4 Å². The molecule has 184 valence electrons. The first-order valence-electron chi connectivity index (χ1n) is 12.0. The van der Waals surface area contributed by atoms with Crippen molar-refractivity contribution in [2.75, 3.05) is 36.4 Å². The molecule has 0 unspecified atom stereocenters. The number of nitrogens with zero attached hydrogens (tertiary/aromatic N) is 4. The highest BCUT2D eigenvalue weighted by atomic mass is 19.3. The lowest BCUT2D eigenvalue weighted by atomic mass is 9.93. The number of halogens is 3. The molecule has 1 atom stereocenters. The van der Waals surface area contributed by atoms with Gasteiger partial charge in [0.1, 0.15) is 5.82 Å². The van der Waals surface area contributed by atoms with Gasteiger partial charge in [-0.1, -0.05) is 18.2 Å². The standard InChI is InChI=1S/C26H28F3N5O/c1-16(19-4-2-5-20(24(19)27)25(28)29)31-23-15-30-32-22-7-6-18(14-21(22)23)33-12-8-17(9-13-33)26(35)34-10-3-11-34/h2,4-7,14-17,25H,3,8-13H2,1H3,(H,31,32)/t16-/m1/s1. The Kier molecular flexibility index (Phi) is 6.49. The van der Waals surface area contributed by atoms with E-state index in [9.17, 15) is 18.0 Å². The van der Waals surface area contributed by atoms with Gasteiger partial charge in [0.2, 0.25) is 5.91 Å². The topological polar surface area (TPSA) is 61.4 Å². The number of anilines is 2.